The molecule has 2 unspecified atom stereocenters. The molecule has 2 rings (SSSR count). The van der Waals surface area contributed by atoms with Crippen LogP contribution in [0.1, 0.15) is 35.7 Å². The van der Waals surface area contributed by atoms with Gasteiger partial charge in [-0.15, -0.1) is 0 Å². The number of rotatable bonds is 2. The average Bonchev–Trinajstić information content (AvgIpc) is 2.75. The summed E-state index contributed by atoms with van der Waals surface area (Å²) in [5.41, 5.74) is 1.67. The molecular formula is C13H17NO3S. The summed E-state index contributed by atoms with van der Waals surface area (Å²) in [6, 6.07) is 0.118. The zero-order chi connectivity index (χ0) is 13.3. The number of carbonyl (C=O) groups excluding carboxylic acids is 1. The second-order valence-electron chi connectivity index (χ2n) is 4.89. The predicted octanol–water partition coefficient (Wildman–Crippen LogP) is 2.38. The average molecular weight is 267 g/mol. The molecule has 0 radical (unpaired) electrons. The molecule has 4 nitrogen and oxygen atoms in total. The number of nitrogens with zero attached hydrogens (tertiary/aromatic N) is 1. The Balaban J connectivity index is 2.18. The predicted molar refractivity (Wildman–Crippen MR) is 69.9 cm³/mol. The second-order valence-corrected chi connectivity index (χ2v) is 5.63. The number of likely N-dealkylation sites (tertiary alicyclic amines) is 1. The van der Waals surface area contributed by atoms with Crippen molar-refractivity contribution in [2.24, 2.45) is 5.92 Å². The van der Waals surface area contributed by atoms with Crippen LogP contribution in [0.4, 0.5) is 0 Å². The van der Waals surface area contributed by atoms with Gasteiger partial charge in [-0.25, -0.2) is 0 Å². The molecule has 98 valence electrons. The topological polar surface area (TPSA) is 57.6 Å². The zero-order valence-electron chi connectivity index (χ0n) is 10.5. The number of aryl methyl sites for hydroxylation is 1. The molecule has 1 aliphatic rings. The van der Waals surface area contributed by atoms with Crippen molar-refractivity contribution in [2.45, 2.75) is 32.7 Å². The van der Waals surface area contributed by atoms with E-state index in [1.807, 2.05) is 24.6 Å². The van der Waals surface area contributed by atoms with Crippen molar-refractivity contribution >= 4 is 23.2 Å². The molecule has 2 atom stereocenters. The number of carboxylic acid groups (broad SMARTS) is 1. The molecule has 1 aromatic heterocycles. The molecule has 0 saturated carbocycles. The summed E-state index contributed by atoms with van der Waals surface area (Å²) in [5, 5.41) is 12.9. The molecular weight excluding hydrogens is 250 g/mol. The molecule has 1 fully saturated rings. The normalized spacial score (nSPS) is 24.0. The van der Waals surface area contributed by atoms with Crippen LogP contribution >= 0.6 is 11.3 Å². The maximum absolute atomic E-state index is 12.4. The Hall–Kier alpha value is -1.36. The summed E-state index contributed by atoms with van der Waals surface area (Å²) < 4.78 is 0. The number of carboxylic acids is 1. The molecule has 0 spiro atoms. The third kappa shape index (κ3) is 2.41. The quantitative estimate of drug-likeness (QED) is 0.895. The van der Waals surface area contributed by atoms with Gasteiger partial charge in [0.1, 0.15) is 0 Å². The number of aliphatic carboxylic acids is 1. The van der Waals surface area contributed by atoms with E-state index in [4.69, 9.17) is 5.11 Å². The largest absolute Gasteiger partial charge is 0.481 e. The first-order valence-electron chi connectivity index (χ1n) is 6.07. The third-order valence-electron chi connectivity index (χ3n) is 3.58. The Morgan fingerprint density at radius 2 is 2.11 bits per heavy atom. The fraction of sp³-hybridized carbons (Fsp3) is 0.538. The molecule has 1 amide bonds. The van der Waals surface area contributed by atoms with Gasteiger partial charge in [-0.1, -0.05) is 0 Å². The lowest BCUT2D eigenvalue weighted by atomic mass is 9.93. The van der Waals surface area contributed by atoms with Crippen LogP contribution in [0.2, 0.25) is 0 Å². The van der Waals surface area contributed by atoms with E-state index in [0.29, 0.717) is 18.5 Å². The van der Waals surface area contributed by atoms with E-state index in [9.17, 15) is 9.59 Å². The smallest absolute Gasteiger partial charge is 0.308 e. The van der Waals surface area contributed by atoms with Crippen LogP contribution < -0.4 is 0 Å². The van der Waals surface area contributed by atoms with E-state index in [2.05, 4.69) is 0 Å². The number of amides is 1. The molecule has 1 aromatic rings. The second kappa shape index (κ2) is 5.10. The van der Waals surface area contributed by atoms with Crippen molar-refractivity contribution in [3.8, 4) is 0 Å². The standard InChI is InChI=1S/C13H17NO3S/c1-8-6-18-7-11(8)12(15)14-5-10(13(16)17)4-3-9(14)2/h6-7,9-10H,3-5H2,1-2H3,(H,16,17). The number of thiophene rings is 1. The van der Waals surface area contributed by atoms with Crippen LogP contribution in [0.3, 0.4) is 0 Å². The Kier molecular flexibility index (Phi) is 3.71. The van der Waals surface area contributed by atoms with Gasteiger partial charge < -0.3 is 10.0 Å². The summed E-state index contributed by atoms with van der Waals surface area (Å²) in [6.07, 6.45) is 1.41. The van der Waals surface area contributed by atoms with E-state index in [-0.39, 0.29) is 11.9 Å². The number of piperidine rings is 1. The van der Waals surface area contributed by atoms with Crippen molar-refractivity contribution in [2.75, 3.05) is 6.54 Å². The van der Waals surface area contributed by atoms with E-state index in [0.717, 1.165) is 12.0 Å². The first kappa shape index (κ1) is 13.1. The maximum Gasteiger partial charge on any atom is 0.308 e. The lowest BCUT2D eigenvalue weighted by Gasteiger charge is -2.36. The van der Waals surface area contributed by atoms with Crippen molar-refractivity contribution < 1.29 is 14.7 Å². The fourth-order valence-corrected chi connectivity index (χ4v) is 3.15. The lowest BCUT2D eigenvalue weighted by molar-refractivity contribution is -0.143. The van der Waals surface area contributed by atoms with Crippen LogP contribution in [0, 0.1) is 12.8 Å². The Labute approximate surface area is 110 Å². The van der Waals surface area contributed by atoms with Crippen LogP contribution in [0.5, 0.6) is 0 Å². The Morgan fingerprint density at radius 3 is 2.67 bits per heavy atom. The molecule has 1 N–H and O–H groups in total. The van der Waals surface area contributed by atoms with E-state index < -0.39 is 11.9 Å². The van der Waals surface area contributed by atoms with Gasteiger partial charge >= 0.3 is 5.97 Å². The van der Waals surface area contributed by atoms with Gasteiger partial charge in [-0.3, -0.25) is 9.59 Å². The molecule has 18 heavy (non-hydrogen) atoms. The van der Waals surface area contributed by atoms with Crippen LogP contribution in [0.15, 0.2) is 10.8 Å². The molecule has 1 saturated heterocycles. The van der Waals surface area contributed by atoms with Gasteiger partial charge in [0.25, 0.3) is 5.91 Å². The first-order chi connectivity index (χ1) is 8.50. The minimum Gasteiger partial charge on any atom is -0.481 e. The number of carbonyl (C=O) groups is 2. The number of hydrogen-bond donors (Lipinski definition) is 1. The highest BCUT2D eigenvalue weighted by molar-refractivity contribution is 7.08. The van der Waals surface area contributed by atoms with Gasteiger partial charge in [0, 0.05) is 18.0 Å². The summed E-state index contributed by atoms with van der Waals surface area (Å²) >= 11 is 1.50. The zero-order valence-corrected chi connectivity index (χ0v) is 11.4. The van der Waals surface area contributed by atoms with Crippen LogP contribution in [-0.4, -0.2) is 34.5 Å². The third-order valence-corrected chi connectivity index (χ3v) is 4.44. The molecule has 1 aliphatic heterocycles. The van der Waals surface area contributed by atoms with E-state index >= 15 is 0 Å². The highest BCUT2D eigenvalue weighted by Crippen LogP contribution is 2.25. The highest BCUT2D eigenvalue weighted by atomic mass is 32.1. The molecule has 0 aromatic carbocycles. The monoisotopic (exact) mass is 267 g/mol. The van der Waals surface area contributed by atoms with Crippen molar-refractivity contribution in [1.82, 2.24) is 4.90 Å². The molecule has 5 heteroatoms. The summed E-state index contributed by atoms with van der Waals surface area (Å²) in [4.78, 5) is 25.2. The van der Waals surface area contributed by atoms with Gasteiger partial charge in [-0.05, 0) is 37.6 Å². The van der Waals surface area contributed by atoms with Gasteiger partial charge in [0.05, 0.1) is 11.5 Å². The van der Waals surface area contributed by atoms with Crippen molar-refractivity contribution in [3.63, 3.8) is 0 Å². The van der Waals surface area contributed by atoms with E-state index in [1.165, 1.54) is 11.3 Å². The summed E-state index contributed by atoms with van der Waals surface area (Å²) in [7, 11) is 0. The van der Waals surface area contributed by atoms with E-state index in [1.54, 1.807) is 4.90 Å². The molecule has 0 bridgehead atoms. The van der Waals surface area contributed by atoms with Gasteiger partial charge in [-0.2, -0.15) is 11.3 Å². The Bertz CT molecular complexity index is 469. The first-order valence-corrected chi connectivity index (χ1v) is 7.01. The fourth-order valence-electron chi connectivity index (χ4n) is 2.33. The molecule has 2 heterocycles. The minimum atomic E-state index is -0.804. The minimum absolute atomic E-state index is 0.0350. The SMILES string of the molecule is Cc1cscc1C(=O)N1CC(C(=O)O)CCC1C. The summed E-state index contributed by atoms with van der Waals surface area (Å²) in [6.45, 7) is 4.22. The Morgan fingerprint density at radius 1 is 1.39 bits per heavy atom. The highest BCUT2D eigenvalue weighted by Gasteiger charge is 2.33. The van der Waals surface area contributed by atoms with Gasteiger partial charge in [0.2, 0.25) is 0 Å². The van der Waals surface area contributed by atoms with Crippen molar-refractivity contribution in [3.05, 3.63) is 21.9 Å². The van der Waals surface area contributed by atoms with Crippen LogP contribution in [-0.2, 0) is 4.79 Å². The number of hydrogen-bond acceptors (Lipinski definition) is 3. The molecule has 0 aliphatic carbocycles. The van der Waals surface area contributed by atoms with Crippen molar-refractivity contribution in [1.29, 1.82) is 0 Å². The lowest BCUT2D eigenvalue weighted by Crippen LogP contribution is -2.47. The van der Waals surface area contributed by atoms with Crippen LogP contribution in [0.25, 0.3) is 0 Å². The van der Waals surface area contributed by atoms with Gasteiger partial charge in [0.15, 0.2) is 0 Å². The summed E-state index contributed by atoms with van der Waals surface area (Å²) in [5.74, 6) is -1.27. The maximum atomic E-state index is 12.4.